The Kier molecular flexibility index (Phi) is 10.1. The van der Waals surface area contributed by atoms with Crippen molar-refractivity contribution in [3.05, 3.63) is 82.3 Å². The Bertz CT molecular complexity index is 1960. The maximum atomic E-state index is 13.8. The van der Waals surface area contributed by atoms with Gasteiger partial charge >= 0.3 is 5.69 Å². The monoisotopic (exact) mass is 674 g/mol. The van der Waals surface area contributed by atoms with Crippen LogP contribution in [0.5, 0.6) is 0 Å². The summed E-state index contributed by atoms with van der Waals surface area (Å²) in [5, 5.41) is 5.94. The van der Waals surface area contributed by atoms with Gasteiger partial charge in [-0.15, -0.1) is 0 Å². The van der Waals surface area contributed by atoms with Crippen LogP contribution in [0, 0.1) is 18.8 Å². The highest BCUT2D eigenvalue weighted by Crippen LogP contribution is 2.30. The molecule has 0 radical (unpaired) electrons. The molecule has 4 aromatic rings. The lowest BCUT2D eigenvalue weighted by Gasteiger charge is -2.28. The van der Waals surface area contributed by atoms with E-state index in [4.69, 9.17) is 10.5 Å². The number of sulfonamides is 1. The number of ether oxygens (including phenoxy) is 1. The second kappa shape index (κ2) is 14.4. The smallest absolute Gasteiger partial charge is 0.323 e. The fourth-order valence-electron chi connectivity index (χ4n) is 6.61. The number of hydrogen-bond acceptors (Lipinski definition) is 7. The van der Waals surface area contributed by atoms with Crippen LogP contribution in [0.15, 0.2) is 70.4 Å². The fourth-order valence-corrected chi connectivity index (χ4v) is 8.04. The standard InChI is InChI=1S/C35H42N6O6S/c1-22-5-11-28(48(45,46)41-13-15-47-16-14-41)20-29(22)26-4-2-3-24(17-26)18-32(38-33(42)25-8-6-23(21-36)7-9-25)34(43)37-27-10-12-30-31(19-27)40-35(44)39-30/h2-5,10-12,17,19-20,23,25,32H,6-9,13-16,18,21,36H2,1H3,(H,37,43)(H,38,42)(H2,39,40,44)/t23?,25?,32-/m0/s1. The molecule has 1 saturated carbocycles. The van der Waals surface area contributed by atoms with Gasteiger partial charge in [0.05, 0.1) is 29.1 Å². The lowest BCUT2D eigenvalue weighted by atomic mass is 9.81. The van der Waals surface area contributed by atoms with E-state index < -0.39 is 22.0 Å². The number of aromatic amines is 2. The minimum Gasteiger partial charge on any atom is -0.379 e. The Morgan fingerprint density at radius 3 is 2.48 bits per heavy atom. The molecule has 2 aliphatic rings. The van der Waals surface area contributed by atoms with Crippen molar-refractivity contribution >= 4 is 38.6 Å². The maximum Gasteiger partial charge on any atom is 0.323 e. The number of amides is 2. The highest BCUT2D eigenvalue weighted by atomic mass is 32.2. The van der Waals surface area contributed by atoms with E-state index in [1.807, 2.05) is 31.2 Å². The van der Waals surface area contributed by atoms with Gasteiger partial charge in [0, 0.05) is 31.1 Å². The van der Waals surface area contributed by atoms with Gasteiger partial charge in [-0.2, -0.15) is 4.31 Å². The summed E-state index contributed by atoms with van der Waals surface area (Å²) in [5.74, 6) is -0.341. The van der Waals surface area contributed by atoms with E-state index in [0.29, 0.717) is 55.5 Å². The number of morpholine rings is 1. The molecule has 2 amide bonds. The first-order valence-corrected chi connectivity index (χ1v) is 17.9. The number of carbonyl (C=O) groups is 2. The van der Waals surface area contributed by atoms with E-state index >= 15 is 0 Å². The van der Waals surface area contributed by atoms with Gasteiger partial charge in [0.2, 0.25) is 21.8 Å². The SMILES string of the molecule is Cc1ccc(S(=O)(=O)N2CCOCC2)cc1-c1cccc(C[C@H](NC(=O)C2CCC(CN)CC2)C(=O)Nc2ccc3[nH]c(=O)[nH]c3c2)c1. The fraction of sp³-hybridized carbons (Fsp3) is 0.400. The molecule has 1 aliphatic carbocycles. The summed E-state index contributed by atoms with van der Waals surface area (Å²) in [6, 6.07) is 16.9. The van der Waals surface area contributed by atoms with Crippen molar-refractivity contribution in [2.45, 2.75) is 50.0 Å². The molecule has 0 bridgehead atoms. The molecule has 2 heterocycles. The van der Waals surface area contributed by atoms with Crippen LogP contribution < -0.4 is 22.1 Å². The number of carbonyl (C=O) groups excluding carboxylic acids is 2. The average molecular weight is 675 g/mol. The van der Waals surface area contributed by atoms with Crippen molar-refractivity contribution in [2.24, 2.45) is 17.6 Å². The van der Waals surface area contributed by atoms with Gasteiger partial charge in [0.15, 0.2) is 0 Å². The lowest BCUT2D eigenvalue weighted by Crippen LogP contribution is -2.48. The van der Waals surface area contributed by atoms with Crippen LogP contribution in [0.25, 0.3) is 22.2 Å². The second-order valence-corrected chi connectivity index (χ2v) is 14.7. The summed E-state index contributed by atoms with van der Waals surface area (Å²) < 4.78 is 33.6. The van der Waals surface area contributed by atoms with Gasteiger partial charge in [0.25, 0.3) is 0 Å². The highest BCUT2D eigenvalue weighted by Gasteiger charge is 2.30. The molecule has 0 spiro atoms. The normalized spacial score (nSPS) is 19.5. The number of fused-ring (bicyclic) bond motifs is 1. The molecule has 1 atom stereocenters. The van der Waals surface area contributed by atoms with E-state index in [1.54, 1.807) is 36.4 Å². The van der Waals surface area contributed by atoms with Gasteiger partial charge in [-0.3, -0.25) is 9.59 Å². The molecule has 6 N–H and O–H groups in total. The molecule has 13 heteroatoms. The number of nitrogens with zero attached hydrogens (tertiary/aromatic N) is 1. The number of imidazole rings is 1. The quantitative estimate of drug-likeness (QED) is 0.171. The number of aromatic nitrogens is 2. The summed E-state index contributed by atoms with van der Waals surface area (Å²) in [6.07, 6.45) is 3.40. The Labute approximate surface area is 279 Å². The zero-order valence-electron chi connectivity index (χ0n) is 27.0. The molecule has 48 heavy (non-hydrogen) atoms. The second-order valence-electron chi connectivity index (χ2n) is 12.7. The Morgan fingerprint density at radius 2 is 1.73 bits per heavy atom. The number of hydrogen-bond donors (Lipinski definition) is 5. The molecular formula is C35H42N6O6S. The number of benzene rings is 3. The van der Waals surface area contributed by atoms with Crippen LogP contribution in [0.3, 0.4) is 0 Å². The summed E-state index contributed by atoms with van der Waals surface area (Å²) >= 11 is 0. The zero-order valence-corrected chi connectivity index (χ0v) is 27.8. The van der Waals surface area contributed by atoms with Crippen molar-refractivity contribution in [3.8, 4) is 11.1 Å². The summed E-state index contributed by atoms with van der Waals surface area (Å²) in [5.41, 5.74) is 10.4. The number of anilines is 1. The molecule has 1 saturated heterocycles. The molecule has 1 aromatic heterocycles. The van der Waals surface area contributed by atoms with E-state index in [0.717, 1.165) is 47.9 Å². The van der Waals surface area contributed by atoms with Crippen LogP contribution in [0.1, 0.15) is 36.8 Å². The third-order valence-corrected chi connectivity index (χ3v) is 11.4. The first-order valence-electron chi connectivity index (χ1n) is 16.4. The number of aryl methyl sites for hydroxylation is 1. The van der Waals surface area contributed by atoms with E-state index in [2.05, 4.69) is 20.6 Å². The topological polar surface area (TPSA) is 179 Å². The van der Waals surface area contributed by atoms with E-state index in [-0.39, 0.29) is 28.8 Å². The number of nitrogens with one attached hydrogen (secondary N) is 4. The van der Waals surface area contributed by atoms with Crippen molar-refractivity contribution in [1.29, 1.82) is 0 Å². The summed E-state index contributed by atoms with van der Waals surface area (Å²) in [4.78, 5) is 44.6. The number of nitrogens with two attached hydrogens (primary N) is 1. The van der Waals surface area contributed by atoms with Crippen molar-refractivity contribution < 1.29 is 22.7 Å². The van der Waals surface area contributed by atoms with Gasteiger partial charge in [0.1, 0.15) is 6.04 Å². The number of H-pyrrole nitrogens is 2. The Balaban J connectivity index is 1.25. The van der Waals surface area contributed by atoms with Crippen LogP contribution >= 0.6 is 0 Å². The van der Waals surface area contributed by atoms with E-state index in [1.165, 1.54) is 4.31 Å². The Hall–Kier alpha value is -4.30. The number of rotatable bonds is 10. The largest absolute Gasteiger partial charge is 0.379 e. The van der Waals surface area contributed by atoms with Crippen LogP contribution in [0.4, 0.5) is 5.69 Å². The molecule has 254 valence electrons. The van der Waals surface area contributed by atoms with Crippen LogP contribution in [-0.2, 0) is 30.8 Å². The molecule has 12 nitrogen and oxygen atoms in total. The van der Waals surface area contributed by atoms with Gasteiger partial charge < -0.3 is 31.1 Å². The highest BCUT2D eigenvalue weighted by molar-refractivity contribution is 7.89. The van der Waals surface area contributed by atoms with Crippen LogP contribution in [-0.4, -0.2) is 73.4 Å². The van der Waals surface area contributed by atoms with Crippen molar-refractivity contribution in [1.82, 2.24) is 19.6 Å². The Morgan fingerprint density at radius 1 is 0.979 bits per heavy atom. The lowest BCUT2D eigenvalue weighted by molar-refractivity contribution is -0.130. The van der Waals surface area contributed by atoms with Gasteiger partial charge in [-0.05, 0) is 97.7 Å². The van der Waals surface area contributed by atoms with Gasteiger partial charge in [-0.25, -0.2) is 13.2 Å². The molecular weight excluding hydrogens is 632 g/mol. The van der Waals surface area contributed by atoms with Gasteiger partial charge in [-0.1, -0.05) is 30.3 Å². The minimum absolute atomic E-state index is 0.163. The maximum absolute atomic E-state index is 13.8. The first-order chi connectivity index (χ1) is 23.1. The third-order valence-electron chi connectivity index (χ3n) is 9.46. The molecule has 6 rings (SSSR count). The predicted octanol–water partition coefficient (Wildman–Crippen LogP) is 3.28. The van der Waals surface area contributed by atoms with Crippen molar-refractivity contribution in [3.63, 3.8) is 0 Å². The van der Waals surface area contributed by atoms with E-state index in [9.17, 15) is 22.8 Å². The zero-order chi connectivity index (χ0) is 33.8. The van der Waals surface area contributed by atoms with Crippen LogP contribution in [0.2, 0.25) is 0 Å². The average Bonchev–Trinajstić information content (AvgIpc) is 3.47. The summed E-state index contributed by atoms with van der Waals surface area (Å²) in [7, 11) is -3.70. The predicted molar refractivity (Wildman–Crippen MR) is 184 cm³/mol. The molecule has 0 unspecified atom stereocenters. The molecule has 3 aromatic carbocycles. The molecule has 1 aliphatic heterocycles. The van der Waals surface area contributed by atoms with Crippen molar-refractivity contribution in [2.75, 3.05) is 38.2 Å². The first kappa shape index (κ1) is 33.6. The molecule has 2 fully saturated rings. The minimum atomic E-state index is -3.70. The third kappa shape index (κ3) is 7.54. The summed E-state index contributed by atoms with van der Waals surface area (Å²) in [6.45, 7) is 3.87.